The normalized spacial score (nSPS) is 20.9. The molecule has 0 radical (unpaired) electrons. The van der Waals surface area contributed by atoms with Crippen LogP contribution in [0.2, 0.25) is 0 Å². The highest BCUT2D eigenvalue weighted by molar-refractivity contribution is 7.89. The van der Waals surface area contributed by atoms with Crippen LogP contribution in [0.3, 0.4) is 0 Å². The molecule has 3 rings (SSSR count). The average molecular weight is 347 g/mol. The summed E-state index contributed by atoms with van der Waals surface area (Å²) in [5, 5.41) is 11.2. The Hall–Kier alpha value is -1.92. The second-order valence-corrected chi connectivity index (χ2v) is 8.58. The van der Waals surface area contributed by atoms with Crippen LogP contribution in [0.1, 0.15) is 18.4 Å². The fraction of sp³-hybridized carbons (Fsp3) is 0.389. The van der Waals surface area contributed by atoms with Crippen molar-refractivity contribution in [1.29, 1.82) is 0 Å². The molecule has 1 saturated carbocycles. The van der Waals surface area contributed by atoms with Crippen LogP contribution in [0.15, 0.2) is 42.5 Å². The fourth-order valence-electron chi connectivity index (χ4n) is 3.26. The van der Waals surface area contributed by atoms with Gasteiger partial charge in [-0.3, -0.25) is 4.79 Å². The van der Waals surface area contributed by atoms with Crippen molar-refractivity contribution in [3.8, 4) is 0 Å². The van der Waals surface area contributed by atoms with Crippen molar-refractivity contribution in [3.63, 3.8) is 0 Å². The summed E-state index contributed by atoms with van der Waals surface area (Å²) in [5.74, 6) is -1.78. The van der Waals surface area contributed by atoms with E-state index >= 15 is 0 Å². The molecule has 1 fully saturated rings. The van der Waals surface area contributed by atoms with E-state index in [1.165, 1.54) is 4.31 Å². The van der Waals surface area contributed by atoms with E-state index in [9.17, 15) is 13.2 Å². The van der Waals surface area contributed by atoms with Crippen molar-refractivity contribution in [3.05, 3.63) is 48.0 Å². The Morgan fingerprint density at radius 3 is 2.54 bits per heavy atom. The van der Waals surface area contributed by atoms with Crippen LogP contribution < -0.4 is 0 Å². The molecule has 0 spiro atoms. The van der Waals surface area contributed by atoms with Gasteiger partial charge in [-0.15, -0.1) is 0 Å². The molecule has 0 aliphatic heterocycles. The minimum atomic E-state index is -3.48. The monoisotopic (exact) mass is 347 g/mol. The van der Waals surface area contributed by atoms with Crippen LogP contribution in [0.25, 0.3) is 10.8 Å². The van der Waals surface area contributed by atoms with Gasteiger partial charge in [0.1, 0.15) is 0 Å². The number of sulfonamides is 1. The smallest absolute Gasteiger partial charge is 0.306 e. The maximum atomic E-state index is 12.6. The van der Waals surface area contributed by atoms with Crippen molar-refractivity contribution in [2.75, 3.05) is 12.8 Å². The number of hydrogen-bond donors (Lipinski definition) is 1. The first-order valence-corrected chi connectivity index (χ1v) is 9.63. The van der Waals surface area contributed by atoms with Gasteiger partial charge in [0.25, 0.3) is 0 Å². The minimum Gasteiger partial charge on any atom is -0.481 e. The minimum absolute atomic E-state index is 0.0920. The van der Waals surface area contributed by atoms with Gasteiger partial charge in [-0.1, -0.05) is 42.5 Å². The van der Waals surface area contributed by atoms with Gasteiger partial charge in [0.2, 0.25) is 10.0 Å². The Bertz CT molecular complexity index is 857. The van der Waals surface area contributed by atoms with Crippen LogP contribution in [0.5, 0.6) is 0 Å². The van der Waals surface area contributed by atoms with E-state index in [1.54, 1.807) is 7.05 Å². The van der Waals surface area contributed by atoms with Crippen LogP contribution in [0, 0.1) is 11.8 Å². The molecule has 0 unspecified atom stereocenters. The van der Waals surface area contributed by atoms with Crippen molar-refractivity contribution in [2.24, 2.45) is 11.8 Å². The molecule has 1 aliphatic carbocycles. The van der Waals surface area contributed by atoms with Crippen LogP contribution in [-0.2, 0) is 21.4 Å². The summed E-state index contributed by atoms with van der Waals surface area (Å²) in [4.78, 5) is 11.1. The Kier molecular flexibility index (Phi) is 4.60. The van der Waals surface area contributed by atoms with E-state index in [0.717, 1.165) is 16.3 Å². The third-order valence-electron chi connectivity index (χ3n) is 4.91. The summed E-state index contributed by atoms with van der Waals surface area (Å²) in [6.07, 6.45) is 1.24. The van der Waals surface area contributed by atoms with Crippen molar-refractivity contribution >= 4 is 26.8 Å². The number of aliphatic carboxylic acids is 1. The molecule has 2 atom stereocenters. The molecule has 0 amide bonds. The number of hydrogen-bond acceptors (Lipinski definition) is 3. The molecule has 1 N–H and O–H groups in total. The zero-order chi connectivity index (χ0) is 17.3. The average Bonchev–Trinajstić information content (AvgIpc) is 2.51. The SMILES string of the molecule is CN(Cc1cccc2ccccc12)S(=O)(=O)C[C@@H]1CC[C@@H]1C(=O)O. The van der Waals surface area contributed by atoms with Gasteiger partial charge < -0.3 is 5.11 Å². The molecule has 1 aliphatic rings. The Labute approximate surface area is 142 Å². The van der Waals surface area contributed by atoms with Gasteiger partial charge in [-0.2, -0.15) is 0 Å². The number of benzene rings is 2. The molecule has 6 heteroatoms. The molecule has 0 saturated heterocycles. The highest BCUT2D eigenvalue weighted by Gasteiger charge is 2.40. The molecule has 0 heterocycles. The zero-order valence-electron chi connectivity index (χ0n) is 13.6. The zero-order valence-corrected chi connectivity index (χ0v) is 14.4. The first-order valence-electron chi connectivity index (χ1n) is 8.02. The van der Waals surface area contributed by atoms with Crippen LogP contribution >= 0.6 is 0 Å². The first kappa shape index (κ1) is 16.9. The van der Waals surface area contributed by atoms with E-state index in [2.05, 4.69) is 0 Å². The van der Waals surface area contributed by atoms with E-state index in [-0.39, 0.29) is 18.2 Å². The number of fused-ring (bicyclic) bond motifs is 1. The summed E-state index contributed by atoms with van der Waals surface area (Å²) in [5.41, 5.74) is 0.947. The topological polar surface area (TPSA) is 74.7 Å². The number of nitrogens with zero attached hydrogens (tertiary/aromatic N) is 1. The molecule has 2 aromatic carbocycles. The van der Waals surface area contributed by atoms with Crippen LogP contribution in [0.4, 0.5) is 0 Å². The summed E-state index contributed by atoms with van der Waals surface area (Å²) in [7, 11) is -1.92. The largest absolute Gasteiger partial charge is 0.481 e. The first-order chi connectivity index (χ1) is 11.4. The third-order valence-corrected chi connectivity index (χ3v) is 6.84. The summed E-state index contributed by atoms with van der Waals surface area (Å²) in [6.45, 7) is 0.286. The van der Waals surface area contributed by atoms with Crippen LogP contribution in [-0.4, -0.2) is 36.6 Å². The second kappa shape index (κ2) is 6.53. The lowest BCUT2D eigenvalue weighted by Crippen LogP contribution is -2.41. The highest BCUT2D eigenvalue weighted by atomic mass is 32.2. The lowest BCUT2D eigenvalue weighted by molar-refractivity contribution is -0.147. The van der Waals surface area contributed by atoms with Gasteiger partial charge >= 0.3 is 5.97 Å². The lowest BCUT2D eigenvalue weighted by atomic mass is 9.75. The molecule has 5 nitrogen and oxygen atoms in total. The van der Waals surface area contributed by atoms with E-state index < -0.39 is 21.9 Å². The van der Waals surface area contributed by atoms with E-state index in [1.807, 2.05) is 42.5 Å². The number of carbonyl (C=O) groups is 1. The molecular weight excluding hydrogens is 326 g/mol. The Morgan fingerprint density at radius 1 is 1.17 bits per heavy atom. The summed E-state index contributed by atoms with van der Waals surface area (Å²) >= 11 is 0. The van der Waals surface area contributed by atoms with E-state index in [4.69, 9.17) is 5.11 Å². The van der Waals surface area contributed by atoms with Gasteiger partial charge in [0, 0.05) is 13.6 Å². The standard InChI is InChI=1S/C18H21NO4S/c1-19(24(22,23)12-15-9-10-17(15)18(20)21)11-14-7-4-6-13-5-2-3-8-16(13)14/h2-8,15,17H,9-12H2,1H3,(H,20,21)/t15-,17-/m0/s1. The molecular formula is C18H21NO4S. The van der Waals surface area contributed by atoms with Gasteiger partial charge in [0.05, 0.1) is 11.7 Å². The van der Waals surface area contributed by atoms with Crippen molar-refractivity contribution in [1.82, 2.24) is 4.31 Å². The van der Waals surface area contributed by atoms with Crippen molar-refractivity contribution in [2.45, 2.75) is 19.4 Å². The van der Waals surface area contributed by atoms with Gasteiger partial charge in [-0.05, 0) is 35.1 Å². The lowest BCUT2D eigenvalue weighted by Gasteiger charge is -2.34. The molecule has 128 valence electrons. The second-order valence-electron chi connectivity index (χ2n) is 6.46. The maximum absolute atomic E-state index is 12.6. The number of rotatable bonds is 6. The number of carboxylic acid groups (broad SMARTS) is 1. The Balaban J connectivity index is 1.76. The quantitative estimate of drug-likeness (QED) is 0.872. The highest BCUT2D eigenvalue weighted by Crippen LogP contribution is 2.36. The fourth-order valence-corrected chi connectivity index (χ4v) is 4.79. The predicted molar refractivity (Wildman–Crippen MR) is 93.1 cm³/mol. The third kappa shape index (κ3) is 3.30. The van der Waals surface area contributed by atoms with E-state index in [0.29, 0.717) is 12.8 Å². The van der Waals surface area contributed by atoms with Gasteiger partial charge in [0.15, 0.2) is 0 Å². The molecule has 2 aromatic rings. The van der Waals surface area contributed by atoms with Gasteiger partial charge in [-0.25, -0.2) is 12.7 Å². The molecule has 0 aromatic heterocycles. The predicted octanol–water partition coefficient (Wildman–Crippen LogP) is 2.71. The molecule has 0 bridgehead atoms. The number of carboxylic acids is 1. The maximum Gasteiger partial charge on any atom is 0.306 e. The summed E-state index contributed by atoms with van der Waals surface area (Å²) < 4.78 is 26.5. The molecule has 24 heavy (non-hydrogen) atoms. The Morgan fingerprint density at radius 2 is 1.88 bits per heavy atom. The van der Waals surface area contributed by atoms with Crippen molar-refractivity contribution < 1.29 is 18.3 Å². The summed E-state index contributed by atoms with van der Waals surface area (Å²) in [6, 6.07) is 13.7.